The van der Waals surface area contributed by atoms with Gasteiger partial charge in [0.15, 0.2) is 0 Å². The molecule has 0 aromatic carbocycles. The highest BCUT2D eigenvalue weighted by atomic mass is 15.6. The highest BCUT2D eigenvalue weighted by Gasteiger charge is 2.33. The van der Waals surface area contributed by atoms with Crippen LogP contribution in [0.25, 0.3) is 0 Å². The highest BCUT2D eigenvalue weighted by molar-refractivity contribution is 4.62. The van der Waals surface area contributed by atoms with Crippen molar-refractivity contribution in [3.63, 3.8) is 0 Å². The third-order valence-corrected chi connectivity index (χ3v) is 3.72. The van der Waals surface area contributed by atoms with Gasteiger partial charge in [0.05, 0.1) is 40.3 Å². The number of hydrogen-bond acceptors (Lipinski definition) is 4. The molecule has 2 rings (SSSR count). The summed E-state index contributed by atoms with van der Waals surface area (Å²) in [4.78, 5) is 7.40. The first-order valence-corrected chi connectivity index (χ1v) is 6.04. The Hall–Kier alpha value is -0.560. The Morgan fingerprint density at radius 3 is 1.50 bits per heavy atom. The fourth-order valence-electron chi connectivity index (χ4n) is 2.46. The molecule has 0 spiro atoms. The van der Waals surface area contributed by atoms with Gasteiger partial charge in [-0.15, -0.1) is 10.2 Å². The van der Waals surface area contributed by atoms with Gasteiger partial charge in [0, 0.05) is 0 Å². The molecule has 2 aliphatic heterocycles. The van der Waals surface area contributed by atoms with Crippen molar-refractivity contribution in [1.29, 1.82) is 0 Å². The van der Waals surface area contributed by atoms with E-state index in [1.165, 1.54) is 9.80 Å². The molecule has 0 aromatic heterocycles. The molecule has 0 saturated carbocycles. The molecule has 2 heterocycles. The average Bonchev–Trinajstić information content (AvgIpc) is 2.72. The maximum absolute atomic E-state index is 4.52. The molecule has 2 fully saturated rings. The Bertz CT molecular complexity index is 222. The second-order valence-corrected chi connectivity index (χ2v) is 5.13. The SMILES string of the molecule is CN1CC[NH+](C)C1/N=N/C1N(C)CC[NH+]1C. The van der Waals surface area contributed by atoms with Crippen LogP contribution in [-0.4, -0.2) is 76.7 Å². The van der Waals surface area contributed by atoms with Gasteiger partial charge in [-0.1, -0.05) is 0 Å². The summed E-state index contributed by atoms with van der Waals surface area (Å²) >= 11 is 0. The smallest absolute Gasteiger partial charge is 0.260 e. The van der Waals surface area contributed by atoms with Gasteiger partial charge in [-0.25, -0.2) is 9.80 Å². The number of nitrogens with one attached hydrogen (secondary N) is 2. The normalized spacial score (nSPS) is 42.5. The number of nitrogens with zero attached hydrogens (tertiary/aromatic N) is 4. The minimum atomic E-state index is 0.210. The van der Waals surface area contributed by atoms with Crippen LogP contribution >= 0.6 is 0 Å². The summed E-state index contributed by atoms with van der Waals surface area (Å²) in [6.45, 7) is 4.53. The van der Waals surface area contributed by atoms with E-state index in [-0.39, 0.29) is 12.6 Å². The van der Waals surface area contributed by atoms with Gasteiger partial charge in [0.25, 0.3) is 12.6 Å². The average molecular weight is 228 g/mol. The lowest BCUT2D eigenvalue weighted by atomic mass is 10.6. The van der Waals surface area contributed by atoms with Gasteiger partial charge in [0.1, 0.15) is 0 Å². The lowest BCUT2D eigenvalue weighted by Gasteiger charge is -2.19. The Balaban J connectivity index is 1.97. The molecule has 0 aromatic rings. The molecule has 16 heavy (non-hydrogen) atoms. The fraction of sp³-hybridized carbons (Fsp3) is 1.00. The number of rotatable bonds is 2. The van der Waals surface area contributed by atoms with Crippen LogP contribution in [0.3, 0.4) is 0 Å². The van der Waals surface area contributed by atoms with E-state index >= 15 is 0 Å². The van der Waals surface area contributed by atoms with E-state index in [2.05, 4.69) is 48.2 Å². The van der Waals surface area contributed by atoms with Gasteiger partial charge in [-0.2, -0.15) is 0 Å². The molecule has 2 N–H and O–H groups in total. The number of hydrogen-bond donors (Lipinski definition) is 2. The number of azo groups is 1. The van der Waals surface area contributed by atoms with Crippen LogP contribution in [0.4, 0.5) is 0 Å². The topological polar surface area (TPSA) is 40.1 Å². The Labute approximate surface area is 97.5 Å². The second kappa shape index (κ2) is 4.75. The summed E-state index contributed by atoms with van der Waals surface area (Å²) in [6, 6.07) is 0. The maximum atomic E-state index is 4.52. The molecular formula is C10H24N6+2. The zero-order valence-electron chi connectivity index (χ0n) is 10.8. The lowest BCUT2D eigenvalue weighted by molar-refractivity contribution is -0.903. The van der Waals surface area contributed by atoms with E-state index in [4.69, 9.17) is 0 Å². The first-order valence-electron chi connectivity index (χ1n) is 6.04. The van der Waals surface area contributed by atoms with Gasteiger partial charge in [0.2, 0.25) is 0 Å². The molecule has 0 bridgehead atoms. The van der Waals surface area contributed by atoms with Crippen LogP contribution in [-0.2, 0) is 0 Å². The molecule has 6 heteroatoms. The summed E-state index contributed by atoms with van der Waals surface area (Å²) in [7, 11) is 8.61. The van der Waals surface area contributed by atoms with Gasteiger partial charge in [-0.3, -0.25) is 0 Å². The van der Waals surface area contributed by atoms with E-state index in [9.17, 15) is 0 Å². The molecule has 4 atom stereocenters. The van der Waals surface area contributed by atoms with Crippen LogP contribution in [0.2, 0.25) is 0 Å². The third kappa shape index (κ3) is 2.24. The Kier molecular flexibility index (Phi) is 3.53. The number of quaternary nitrogens is 2. The van der Waals surface area contributed by atoms with Crippen molar-refractivity contribution in [2.75, 3.05) is 54.4 Å². The van der Waals surface area contributed by atoms with Crippen molar-refractivity contribution >= 4 is 0 Å². The number of likely N-dealkylation sites (N-methyl/N-ethyl adjacent to an activating group) is 4. The van der Waals surface area contributed by atoms with Crippen LogP contribution in [0, 0.1) is 0 Å². The van der Waals surface area contributed by atoms with Crippen molar-refractivity contribution in [2.24, 2.45) is 10.2 Å². The molecule has 92 valence electrons. The van der Waals surface area contributed by atoms with Crippen molar-refractivity contribution in [3.05, 3.63) is 0 Å². The van der Waals surface area contributed by atoms with Crippen molar-refractivity contribution in [3.8, 4) is 0 Å². The third-order valence-electron chi connectivity index (χ3n) is 3.72. The zero-order valence-corrected chi connectivity index (χ0v) is 10.8. The standard InChI is InChI=1S/C10H22N6/c1-13-5-6-14(2)9(13)11-12-10-15(3)7-8-16(10)4/h9-10H,5-8H2,1-4H3/p+2/b12-11+. The second-order valence-electron chi connectivity index (χ2n) is 5.13. The van der Waals surface area contributed by atoms with Crippen molar-refractivity contribution < 1.29 is 9.80 Å². The highest BCUT2D eigenvalue weighted by Crippen LogP contribution is 2.00. The summed E-state index contributed by atoms with van der Waals surface area (Å²) in [5, 5.41) is 9.04. The van der Waals surface area contributed by atoms with E-state index in [1.54, 1.807) is 0 Å². The molecule has 0 amide bonds. The summed E-state index contributed by atoms with van der Waals surface area (Å²) in [5.41, 5.74) is 0. The molecule has 2 aliphatic rings. The van der Waals surface area contributed by atoms with Gasteiger partial charge >= 0.3 is 0 Å². The molecule has 4 unspecified atom stereocenters. The van der Waals surface area contributed by atoms with Gasteiger partial charge in [-0.05, 0) is 14.1 Å². The van der Waals surface area contributed by atoms with Crippen LogP contribution in [0.1, 0.15) is 0 Å². The molecule has 0 aliphatic carbocycles. The summed E-state index contributed by atoms with van der Waals surface area (Å²) < 4.78 is 0. The first-order chi connectivity index (χ1) is 7.59. The summed E-state index contributed by atoms with van der Waals surface area (Å²) in [5.74, 6) is 0. The van der Waals surface area contributed by atoms with Crippen molar-refractivity contribution in [1.82, 2.24) is 9.80 Å². The van der Waals surface area contributed by atoms with E-state index in [1.807, 2.05) is 0 Å². The predicted octanol–water partition coefficient (Wildman–Crippen LogP) is -3.07. The van der Waals surface area contributed by atoms with Crippen LogP contribution < -0.4 is 9.80 Å². The molecule has 0 radical (unpaired) electrons. The van der Waals surface area contributed by atoms with Crippen molar-refractivity contribution in [2.45, 2.75) is 12.6 Å². The monoisotopic (exact) mass is 228 g/mol. The zero-order chi connectivity index (χ0) is 11.7. The molecule has 2 saturated heterocycles. The van der Waals surface area contributed by atoms with Gasteiger partial charge < -0.3 is 9.80 Å². The molecular weight excluding hydrogens is 204 g/mol. The quantitative estimate of drug-likeness (QED) is 0.492. The largest absolute Gasteiger partial charge is 0.300 e. The minimum absolute atomic E-state index is 0.210. The van der Waals surface area contributed by atoms with Crippen LogP contribution in [0.5, 0.6) is 0 Å². The Morgan fingerprint density at radius 1 is 0.875 bits per heavy atom. The van der Waals surface area contributed by atoms with E-state index in [0.29, 0.717) is 0 Å². The van der Waals surface area contributed by atoms with E-state index < -0.39 is 0 Å². The Morgan fingerprint density at radius 2 is 1.25 bits per heavy atom. The molecule has 6 nitrogen and oxygen atoms in total. The minimum Gasteiger partial charge on any atom is -0.300 e. The lowest BCUT2D eigenvalue weighted by Crippen LogP contribution is -3.12. The summed E-state index contributed by atoms with van der Waals surface area (Å²) in [6.07, 6.45) is 0.420. The predicted molar refractivity (Wildman–Crippen MR) is 61.2 cm³/mol. The maximum Gasteiger partial charge on any atom is 0.260 e. The fourth-order valence-corrected chi connectivity index (χ4v) is 2.46. The first kappa shape index (κ1) is 11.9. The van der Waals surface area contributed by atoms with E-state index in [0.717, 1.165) is 26.2 Å². The van der Waals surface area contributed by atoms with Crippen LogP contribution in [0.15, 0.2) is 10.2 Å².